The normalized spacial score (nSPS) is 22.5. The first-order valence-corrected chi connectivity index (χ1v) is 11.6. The van der Waals surface area contributed by atoms with E-state index in [1.807, 2.05) is 56.3 Å². The van der Waals surface area contributed by atoms with Crippen LogP contribution < -0.4 is 9.47 Å². The molecule has 2 aliphatic rings. The molecule has 2 atom stereocenters. The van der Waals surface area contributed by atoms with Crippen LogP contribution in [-0.4, -0.2) is 35.4 Å². The van der Waals surface area contributed by atoms with Crippen LogP contribution >= 0.6 is 11.8 Å². The predicted molar refractivity (Wildman–Crippen MR) is 123 cm³/mol. The summed E-state index contributed by atoms with van der Waals surface area (Å²) in [5, 5.41) is 22.1. The number of carbonyl (C=O) groups is 1. The van der Waals surface area contributed by atoms with Crippen LogP contribution in [0.2, 0.25) is 0 Å². The first-order chi connectivity index (χ1) is 15.4. The minimum absolute atomic E-state index is 0.0967. The Kier molecular flexibility index (Phi) is 6.18. The summed E-state index contributed by atoms with van der Waals surface area (Å²) in [7, 11) is 1.57. The van der Waals surface area contributed by atoms with Crippen LogP contribution in [0.25, 0.3) is 0 Å². The molecule has 1 fully saturated rings. The largest absolute Gasteiger partial charge is 0.493 e. The Bertz CT molecular complexity index is 1110. The van der Waals surface area contributed by atoms with E-state index in [4.69, 9.17) is 9.47 Å². The lowest BCUT2D eigenvalue weighted by Gasteiger charge is -2.38. The molecule has 1 saturated heterocycles. The van der Waals surface area contributed by atoms with Crippen molar-refractivity contribution in [1.82, 2.24) is 4.90 Å². The topological polar surface area (TPSA) is 82.8 Å². The second-order valence-corrected chi connectivity index (χ2v) is 9.01. The number of thioether (sulfide) groups is 1. The van der Waals surface area contributed by atoms with Crippen LogP contribution in [-0.2, 0) is 10.5 Å². The molecule has 32 heavy (non-hydrogen) atoms. The third kappa shape index (κ3) is 3.74. The molecule has 1 N–H and O–H groups in total. The summed E-state index contributed by atoms with van der Waals surface area (Å²) >= 11 is 1.35. The van der Waals surface area contributed by atoms with Crippen LogP contribution in [0.4, 0.5) is 0 Å². The Hall–Kier alpha value is -2.95. The second kappa shape index (κ2) is 8.89. The monoisotopic (exact) mass is 450 g/mol. The highest BCUT2D eigenvalue weighted by molar-refractivity contribution is 8.03. The summed E-state index contributed by atoms with van der Waals surface area (Å²) in [5.41, 5.74) is 1.56. The first-order valence-electron chi connectivity index (χ1n) is 10.6. The first kappa shape index (κ1) is 22.3. The SMILES string of the molecule is CCCOc1ccc([C@H]2CC(=O)N3C(=C2C#N)SC[C@@]3(O)c2ccc(C)cc2)cc1OC. The van der Waals surface area contributed by atoms with E-state index >= 15 is 0 Å². The molecule has 1 amide bonds. The van der Waals surface area contributed by atoms with Gasteiger partial charge in [-0.25, -0.2) is 0 Å². The maximum Gasteiger partial charge on any atom is 0.231 e. The zero-order chi connectivity index (χ0) is 22.9. The molecule has 2 aromatic rings. The highest BCUT2D eigenvalue weighted by Crippen LogP contribution is 2.52. The van der Waals surface area contributed by atoms with E-state index < -0.39 is 11.6 Å². The van der Waals surface area contributed by atoms with Gasteiger partial charge in [-0.1, -0.05) is 42.8 Å². The number of nitriles is 1. The van der Waals surface area contributed by atoms with Crippen molar-refractivity contribution in [3.63, 3.8) is 0 Å². The number of fused-ring (bicyclic) bond motifs is 1. The molecule has 0 saturated carbocycles. The van der Waals surface area contributed by atoms with Gasteiger partial charge >= 0.3 is 0 Å². The summed E-state index contributed by atoms with van der Waals surface area (Å²) in [6.45, 7) is 4.58. The number of carbonyl (C=O) groups excluding carboxylic acids is 1. The molecule has 7 heteroatoms. The molecule has 0 unspecified atom stereocenters. The van der Waals surface area contributed by atoms with E-state index in [1.165, 1.54) is 16.7 Å². The molecule has 0 bridgehead atoms. The van der Waals surface area contributed by atoms with Gasteiger partial charge in [0.05, 0.1) is 36.1 Å². The fraction of sp³-hybridized carbons (Fsp3) is 0.360. The van der Waals surface area contributed by atoms with Crippen molar-refractivity contribution in [2.75, 3.05) is 19.5 Å². The van der Waals surface area contributed by atoms with Crippen LogP contribution in [0.15, 0.2) is 53.1 Å². The number of amides is 1. The minimum Gasteiger partial charge on any atom is -0.493 e. The third-order valence-corrected chi connectivity index (χ3v) is 7.10. The zero-order valence-electron chi connectivity index (χ0n) is 18.4. The fourth-order valence-corrected chi connectivity index (χ4v) is 5.54. The number of nitrogens with zero attached hydrogens (tertiary/aromatic N) is 2. The fourth-order valence-electron chi connectivity index (χ4n) is 4.18. The van der Waals surface area contributed by atoms with Crippen LogP contribution in [0.3, 0.4) is 0 Å². The van der Waals surface area contributed by atoms with Crippen molar-refractivity contribution in [3.8, 4) is 17.6 Å². The summed E-state index contributed by atoms with van der Waals surface area (Å²) in [6.07, 6.45) is 0.975. The quantitative estimate of drug-likeness (QED) is 0.701. The molecule has 0 spiro atoms. The van der Waals surface area contributed by atoms with Crippen LogP contribution in [0.1, 0.15) is 42.4 Å². The van der Waals surface area contributed by atoms with Gasteiger partial charge in [-0.3, -0.25) is 9.69 Å². The standard InChI is InChI=1S/C25H26N2O4S/c1-4-11-31-21-10-7-17(12-22(21)30-3)19-13-23(28)27-24(20(19)14-26)32-15-25(27,29)18-8-5-16(2)6-9-18/h5-10,12,19,29H,4,11,13,15H2,1-3H3/t19-,25-/m1/s1. The van der Waals surface area contributed by atoms with Gasteiger partial charge in [0.2, 0.25) is 5.91 Å². The molecule has 0 aromatic heterocycles. The van der Waals surface area contributed by atoms with Gasteiger partial charge in [0.1, 0.15) is 0 Å². The Morgan fingerprint density at radius 3 is 2.66 bits per heavy atom. The number of methoxy groups -OCH3 is 1. The van der Waals surface area contributed by atoms with Crippen LogP contribution in [0.5, 0.6) is 11.5 Å². The average Bonchev–Trinajstić information content (AvgIpc) is 3.17. The van der Waals surface area contributed by atoms with E-state index in [1.54, 1.807) is 7.11 Å². The van der Waals surface area contributed by atoms with Gasteiger partial charge in [0, 0.05) is 17.9 Å². The molecular formula is C25H26N2O4S. The van der Waals surface area contributed by atoms with Crippen molar-refractivity contribution < 1.29 is 19.4 Å². The summed E-state index contributed by atoms with van der Waals surface area (Å²) < 4.78 is 11.2. The lowest BCUT2D eigenvalue weighted by molar-refractivity contribution is -0.149. The number of ether oxygens (including phenoxy) is 2. The highest BCUT2D eigenvalue weighted by Gasteiger charge is 2.51. The van der Waals surface area contributed by atoms with E-state index in [-0.39, 0.29) is 18.1 Å². The van der Waals surface area contributed by atoms with Gasteiger partial charge < -0.3 is 14.6 Å². The predicted octanol–water partition coefficient (Wildman–Crippen LogP) is 4.44. The van der Waals surface area contributed by atoms with Crippen molar-refractivity contribution in [1.29, 1.82) is 5.26 Å². The van der Waals surface area contributed by atoms with Crippen molar-refractivity contribution in [2.45, 2.75) is 38.3 Å². The summed E-state index contributed by atoms with van der Waals surface area (Å²) in [5.74, 6) is 0.880. The smallest absolute Gasteiger partial charge is 0.231 e. The number of allylic oxidation sites excluding steroid dienone is 1. The Morgan fingerprint density at radius 2 is 2.00 bits per heavy atom. The second-order valence-electron chi connectivity index (χ2n) is 8.05. The molecule has 2 heterocycles. The minimum atomic E-state index is -1.46. The molecule has 2 aromatic carbocycles. The molecule has 2 aliphatic heterocycles. The van der Waals surface area contributed by atoms with Gasteiger partial charge in [-0.05, 0) is 31.0 Å². The van der Waals surface area contributed by atoms with Crippen LogP contribution in [0, 0.1) is 18.3 Å². The summed E-state index contributed by atoms with van der Waals surface area (Å²) in [6, 6.07) is 15.4. The molecule has 0 aliphatic carbocycles. The lowest BCUT2D eigenvalue weighted by atomic mass is 9.85. The number of hydrogen-bond acceptors (Lipinski definition) is 6. The molecular weight excluding hydrogens is 424 g/mol. The lowest BCUT2D eigenvalue weighted by Crippen LogP contribution is -2.48. The molecule has 6 nitrogen and oxygen atoms in total. The maximum atomic E-state index is 13.3. The zero-order valence-corrected chi connectivity index (χ0v) is 19.2. The van der Waals surface area contributed by atoms with Gasteiger partial charge in [-0.2, -0.15) is 5.26 Å². The number of hydrogen-bond donors (Lipinski definition) is 1. The van der Waals surface area contributed by atoms with Crippen molar-refractivity contribution >= 4 is 17.7 Å². The Morgan fingerprint density at radius 1 is 1.25 bits per heavy atom. The van der Waals surface area contributed by atoms with Crippen molar-refractivity contribution in [2.24, 2.45) is 0 Å². The number of aliphatic hydroxyl groups is 1. The molecule has 166 valence electrons. The van der Waals surface area contributed by atoms with Gasteiger partial charge in [0.15, 0.2) is 17.2 Å². The molecule has 0 radical (unpaired) electrons. The van der Waals surface area contributed by atoms with Gasteiger partial charge in [-0.15, -0.1) is 11.8 Å². The van der Waals surface area contributed by atoms with Crippen molar-refractivity contribution in [3.05, 3.63) is 69.8 Å². The third-order valence-electron chi connectivity index (χ3n) is 5.88. The maximum absolute atomic E-state index is 13.3. The van der Waals surface area contributed by atoms with E-state index in [2.05, 4.69) is 6.07 Å². The number of benzene rings is 2. The van der Waals surface area contributed by atoms with Gasteiger partial charge in [0.25, 0.3) is 0 Å². The Labute approximate surface area is 192 Å². The molecule has 4 rings (SSSR count). The number of aryl methyl sites for hydroxylation is 1. The average molecular weight is 451 g/mol. The summed E-state index contributed by atoms with van der Waals surface area (Å²) in [4.78, 5) is 14.7. The van der Waals surface area contributed by atoms with E-state index in [0.29, 0.717) is 34.3 Å². The van der Waals surface area contributed by atoms with E-state index in [0.717, 1.165) is 17.5 Å². The Balaban J connectivity index is 1.73. The highest BCUT2D eigenvalue weighted by atomic mass is 32.2. The number of rotatable bonds is 6. The van der Waals surface area contributed by atoms with E-state index in [9.17, 15) is 15.2 Å².